The maximum atomic E-state index is 13.0. The van der Waals surface area contributed by atoms with Crippen molar-refractivity contribution in [2.45, 2.75) is 45.3 Å². The van der Waals surface area contributed by atoms with Gasteiger partial charge in [0.15, 0.2) is 0 Å². The van der Waals surface area contributed by atoms with Gasteiger partial charge in [-0.15, -0.1) is 0 Å². The minimum Gasteiger partial charge on any atom is -0.399 e. The van der Waals surface area contributed by atoms with E-state index in [4.69, 9.17) is 20.9 Å². The van der Waals surface area contributed by atoms with E-state index >= 15 is 0 Å². The Bertz CT molecular complexity index is 481. The minimum absolute atomic E-state index is 0.182. The second-order valence-corrected chi connectivity index (χ2v) is 5.95. The number of halogens is 3. The van der Waals surface area contributed by atoms with Crippen LogP contribution in [0.3, 0.4) is 0 Å². The van der Waals surface area contributed by atoms with Gasteiger partial charge in [-0.25, -0.2) is 8.78 Å². The van der Waals surface area contributed by atoms with Gasteiger partial charge in [0.1, 0.15) is 5.69 Å². The molecule has 1 fully saturated rings. The molecule has 1 aromatic rings. The monoisotopic (exact) mass is 289 g/mol. The van der Waals surface area contributed by atoms with Gasteiger partial charge in [-0.05, 0) is 33.8 Å². The number of pyridine rings is 1. The molecular weight excluding hydrogens is 274 g/mol. The fourth-order valence-corrected chi connectivity index (χ4v) is 1.97. The second kappa shape index (κ2) is 4.68. The first-order valence-corrected chi connectivity index (χ1v) is 6.31. The van der Waals surface area contributed by atoms with Crippen molar-refractivity contribution in [1.82, 2.24) is 4.98 Å². The summed E-state index contributed by atoms with van der Waals surface area (Å²) in [6, 6.07) is 1.41. The highest BCUT2D eigenvalue weighted by Crippen LogP contribution is 2.37. The van der Waals surface area contributed by atoms with E-state index in [2.05, 4.69) is 4.98 Å². The fraction of sp³-hybridized carbons (Fsp3) is 0.583. The van der Waals surface area contributed by atoms with Crippen molar-refractivity contribution in [3.63, 3.8) is 0 Å². The topological polar surface area (TPSA) is 31.4 Å². The van der Waals surface area contributed by atoms with E-state index in [1.165, 1.54) is 12.3 Å². The molecule has 2 heterocycles. The first-order chi connectivity index (χ1) is 8.64. The predicted molar refractivity (Wildman–Crippen MR) is 69.9 cm³/mol. The number of nitrogens with zero attached hydrogens (tertiary/aromatic N) is 1. The molecule has 0 radical (unpaired) electrons. The Balaban J connectivity index is 2.41. The fourth-order valence-electron chi connectivity index (χ4n) is 1.81. The van der Waals surface area contributed by atoms with E-state index < -0.39 is 24.7 Å². The first-order valence-electron chi connectivity index (χ1n) is 5.93. The smallest absolute Gasteiger partial charge is 0.399 e. The van der Waals surface area contributed by atoms with Crippen LogP contribution in [-0.2, 0) is 9.31 Å². The molecule has 1 aliphatic heterocycles. The van der Waals surface area contributed by atoms with E-state index in [1.54, 1.807) is 0 Å². The van der Waals surface area contributed by atoms with Crippen LogP contribution in [0.15, 0.2) is 12.3 Å². The summed E-state index contributed by atoms with van der Waals surface area (Å²) in [5.74, 6) is 0. The first kappa shape index (κ1) is 14.7. The van der Waals surface area contributed by atoms with E-state index in [0.29, 0.717) is 0 Å². The molecule has 3 nitrogen and oxygen atoms in total. The van der Waals surface area contributed by atoms with Crippen LogP contribution in [0.5, 0.6) is 0 Å². The predicted octanol–water partition coefficient (Wildman–Crippen LogP) is 2.97. The van der Waals surface area contributed by atoms with Gasteiger partial charge in [0.2, 0.25) is 0 Å². The van der Waals surface area contributed by atoms with E-state index in [-0.39, 0.29) is 16.2 Å². The Morgan fingerprint density at radius 1 is 1.21 bits per heavy atom. The van der Waals surface area contributed by atoms with Crippen LogP contribution in [-0.4, -0.2) is 23.3 Å². The Morgan fingerprint density at radius 3 is 2.21 bits per heavy atom. The zero-order valence-corrected chi connectivity index (χ0v) is 12.0. The highest BCUT2D eigenvalue weighted by molar-refractivity contribution is 6.62. The highest BCUT2D eigenvalue weighted by Gasteiger charge is 2.52. The van der Waals surface area contributed by atoms with E-state index in [1.807, 2.05) is 27.7 Å². The summed E-state index contributed by atoms with van der Waals surface area (Å²) in [7, 11) is -0.889. The number of hydrogen-bond donors (Lipinski definition) is 0. The molecule has 0 bridgehead atoms. The maximum Gasteiger partial charge on any atom is 0.496 e. The average molecular weight is 290 g/mol. The lowest BCUT2D eigenvalue weighted by atomic mass is 9.78. The van der Waals surface area contributed by atoms with Crippen molar-refractivity contribution in [1.29, 1.82) is 0 Å². The molecule has 1 aromatic heterocycles. The third-order valence-electron chi connectivity index (χ3n) is 3.63. The second-order valence-electron chi connectivity index (χ2n) is 5.52. The van der Waals surface area contributed by atoms with E-state index in [0.717, 1.165) is 0 Å². The number of rotatable bonds is 2. The minimum atomic E-state index is -2.70. The normalized spacial score (nSPS) is 21.2. The Hall–Kier alpha value is -0.715. The molecule has 1 saturated heterocycles. The van der Waals surface area contributed by atoms with Crippen LogP contribution in [0.4, 0.5) is 8.78 Å². The molecule has 0 N–H and O–H groups in total. The summed E-state index contributed by atoms with van der Waals surface area (Å²) < 4.78 is 37.4. The molecule has 0 unspecified atom stereocenters. The van der Waals surface area contributed by atoms with Gasteiger partial charge in [-0.2, -0.15) is 0 Å². The van der Waals surface area contributed by atoms with Crippen LogP contribution in [0.25, 0.3) is 0 Å². The van der Waals surface area contributed by atoms with Crippen LogP contribution in [0.2, 0.25) is 5.02 Å². The molecule has 2 rings (SSSR count). The quantitative estimate of drug-likeness (QED) is 0.784. The molecule has 0 aromatic carbocycles. The van der Waals surface area contributed by atoms with Crippen molar-refractivity contribution in [2.24, 2.45) is 0 Å². The van der Waals surface area contributed by atoms with Crippen LogP contribution >= 0.6 is 11.6 Å². The average Bonchev–Trinajstić information content (AvgIpc) is 2.47. The SMILES string of the molecule is CC1(C)OB(c2cc(Cl)cnc2C(F)F)OC1(C)C. The van der Waals surface area contributed by atoms with Gasteiger partial charge in [0.25, 0.3) is 6.43 Å². The van der Waals surface area contributed by atoms with Crippen LogP contribution in [0.1, 0.15) is 39.8 Å². The summed E-state index contributed by atoms with van der Waals surface area (Å²) in [5, 5.41) is 0.272. The molecular formula is C12H15BClF2NO2. The van der Waals surface area contributed by atoms with Crippen LogP contribution in [0, 0.1) is 0 Å². The van der Waals surface area contributed by atoms with Gasteiger partial charge >= 0.3 is 7.12 Å². The summed E-state index contributed by atoms with van der Waals surface area (Å²) in [5.41, 5.74) is -1.37. The van der Waals surface area contributed by atoms with Gasteiger partial charge in [-0.1, -0.05) is 11.6 Å². The zero-order valence-electron chi connectivity index (χ0n) is 11.2. The van der Waals surface area contributed by atoms with Crippen molar-refractivity contribution >= 4 is 24.2 Å². The zero-order chi connectivity index (χ0) is 14.4. The van der Waals surface area contributed by atoms with Crippen molar-refractivity contribution in [3.8, 4) is 0 Å². The number of alkyl halides is 2. The molecule has 0 spiro atoms. The molecule has 104 valence electrons. The van der Waals surface area contributed by atoms with E-state index in [9.17, 15) is 8.78 Å². The summed E-state index contributed by atoms with van der Waals surface area (Å²) in [6.45, 7) is 7.42. The molecule has 0 amide bonds. The lowest BCUT2D eigenvalue weighted by Gasteiger charge is -2.32. The number of aromatic nitrogens is 1. The van der Waals surface area contributed by atoms with Crippen molar-refractivity contribution in [2.75, 3.05) is 0 Å². The van der Waals surface area contributed by atoms with Gasteiger partial charge < -0.3 is 9.31 Å². The summed E-state index contributed by atoms with van der Waals surface area (Å²) >= 11 is 5.82. The highest BCUT2D eigenvalue weighted by atomic mass is 35.5. The van der Waals surface area contributed by atoms with Crippen molar-refractivity contribution < 1.29 is 18.1 Å². The molecule has 1 aliphatic rings. The molecule has 0 aliphatic carbocycles. The largest absolute Gasteiger partial charge is 0.496 e. The molecule has 19 heavy (non-hydrogen) atoms. The molecule has 0 atom stereocenters. The number of hydrogen-bond acceptors (Lipinski definition) is 3. The summed E-state index contributed by atoms with van der Waals surface area (Å²) in [6.07, 6.45) is -1.51. The Morgan fingerprint density at radius 2 is 1.74 bits per heavy atom. The lowest BCUT2D eigenvalue weighted by molar-refractivity contribution is 0.00578. The van der Waals surface area contributed by atoms with Crippen LogP contribution < -0.4 is 5.46 Å². The third kappa shape index (κ3) is 2.62. The third-order valence-corrected chi connectivity index (χ3v) is 3.84. The van der Waals surface area contributed by atoms with Gasteiger partial charge in [0.05, 0.1) is 16.2 Å². The van der Waals surface area contributed by atoms with Gasteiger partial charge in [-0.3, -0.25) is 4.98 Å². The Labute approximate surface area is 116 Å². The van der Waals surface area contributed by atoms with Gasteiger partial charge in [0, 0.05) is 11.7 Å². The molecule has 7 heteroatoms. The summed E-state index contributed by atoms with van der Waals surface area (Å²) in [4.78, 5) is 3.68. The standard InChI is InChI=1S/C12H15BClF2NO2/c1-11(2)12(3,4)19-13(18-11)8-5-7(14)6-17-9(8)10(15)16/h5-6,10H,1-4H3. The lowest BCUT2D eigenvalue weighted by Crippen LogP contribution is -2.41. The Kier molecular flexibility index (Phi) is 3.62. The van der Waals surface area contributed by atoms with Crippen molar-refractivity contribution in [3.05, 3.63) is 23.0 Å². The molecule has 0 saturated carbocycles. The maximum absolute atomic E-state index is 13.0.